The van der Waals surface area contributed by atoms with Crippen molar-refractivity contribution in [3.63, 3.8) is 0 Å². The number of hydrogen-bond donors (Lipinski definition) is 0. The first-order chi connectivity index (χ1) is 9.74. The fourth-order valence-electron chi connectivity index (χ4n) is 2.04. The third kappa shape index (κ3) is 2.53. The minimum Gasteiger partial charge on any atom is -0.207 e. The Labute approximate surface area is 119 Å². The Bertz CT molecular complexity index is 635. The SMILES string of the molecule is Fc1ccc(C(c2ccc(Cl)cc2)n2ncnn2)cc1. The van der Waals surface area contributed by atoms with E-state index >= 15 is 0 Å². The molecule has 0 N–H and O–H groups in total. The van der Waals surface area contributed by atoms with Crippen LogP contribution in [0.1, 0.15) is 17.2 Å². The molecule has 6 heteroatoms. The van der Waals surface area contributed by atoms with Crippen molar-refractivity contribution in [1.82, 2.24) is 20.2 Å². The summed E-state index contributed by atoms with van der Waals surface area (Å²) in [5.74, 6) is -0.282. The largest absolute Gasteiger partial charge is 0.207 e. The van der Waals surface area contributed by atoms with E-state index in [9.17, 15) is 4.39 Å². The molecule has 20 heavy (non-hydrogen) atoms. The number of nitrogens with zero attached hydrogens (tertiary/aromatic N) is 4. The van der Waals surface area contributed by atoms with E-state index in [0.29, 0.717) is 5.02 Å². The van der Waals surface area contributed by atoms with E-state index in [1.807, 2.05) is 12.1 Å². The highest BCUT2D eigenvalue weighted by molar-refractivity contribution is 6.30. The van der Waals surface area contributed by atoms with Crippen LogP contribution in [-0.4, -0.2) is 20.2 Å². The molecule has 3 rings (SSSR count). The summed E-state index contributed by atoms with van der Waals surface area (Å²) in [5.41, 5.74) is 1.81. The number of tetrazole rings is 1. The molecule has 0 aliphatic heterocycles. The molecule has 1 atom stereocenters. The Morgan fingerprint density at radius 1 is 0.950 bits per heavy atom. The summed E-state index contributed by atoms with van der Waals surface area (Å²) in [6.45, 7) is 0. The van der Waals surface area contributed by atoms with Gasteiger partial charge in [0.1, 0.15) is 11.9 Å². The van der Waals surface area contributed by atoms with Gasteiger partial charge >= 0.3 is 0 Å². The first-order valence-electron chi connectivity index (χ1n) is 5.97. The molecule has 0 aliphatic rings. The molecule has 0 saturated carbocycles. The second-order valence-electron chi connectivity index (χ2n) is 4.26. The van der Waals surface area contributed by atoms with Gasteiger partial charge in [-0.1, -0.05) is 35.9 Å². The molecule has 0 aliphatic carbocycles. The topological polar surface area (TPSA) is 43.6 Å². The third-order valence-corrected chi connectivity index (χ3v) is 3.22. The summed E-state index contributed by atoms with van der Waals surface area (Å²) in [6.07, 6.45) is 1.37. The van der Waals surface area contributed by atoms with Crippen LogP contribution in [0.25, 0.3) is 0 Å². The molecule has 1 unspecified atom stereocenters. The molecule has 100 valence electrons. The van der Waals surface area contributed by atoms with E-state index < -0.39 is 0 Å². The Morgan fingerprint density at radius 3 is 2.10 bits per heavy atom. The molecule has 1 heterocycles. The predicted molar refractivity (Wildman–Crippen MR) is 72.9 cm³/mol. The maximum absolute atomic E-state index is 13.1. The average Bonchev–Trinajstić information content (AvgIpc) is 2.97. The Balaban J connectivity index is 2.09. The van der Waals surface area contributed by atoms with Crippen molar-refractivity contribution in [3.8, 4) is 0 Å². The van der Waals surface area contributed by atoms with Gasteiger partial charge in [0.25, 0.3) is 0 Å². The minimum atomic E-state index is -0.282. The predicted octanol–water partition coefficient (Wildman–Crippen LogP) is 3.10. The lowest BCUT2D eigenvalue weighted by Crippen LogP contribution is -2.15. The standard InChI is InChI=1S/C14H10ClFN4/c15-12-5-1-10(2-6-12)14(20-18-9-17-19-20)11-3-7-13(16)8-4-11/h1-9,14H. The Hall–Kier alpha value is -2.27. The van der Waals surface area contributed by atoms with Gasteiger partial charge in [-0.15, -0.1) is 10.2 Å². The van der Waals surface area contributed by atoms with Crippen molar-refractivity contribution >= 4 is 11.6 Å². The molecule has 1 aromatic heterocycles. The van der Waals surface area contributed by atoms with Crippen LogP contribution < -0.4 is 0 Å². The van der Waals surface area contributed by atoms with Gasteiger partial charge < -0.3 is 0 Å². The second kappa shape index (κ2) is 5.38. The van der Waals surface area contributed by atoms with Crippen molar-refractivity contribution in [2.24, 2.45) is 0 Å². The molecular formula is C14H10ClFN4. The Kier molecular flexibility index (Phi) is 3.43. The first kappa shape index (κ1) is 12.7. The molecule has 0 fully saturated rings. The van der Waals surface area contributed by atoms with E-state index in [1.54, 1.807) is 24.3 Å². The van der Waals surface area contributed by atoms with Gasteiger partial charge in [-0.3, -0.25) is 0 Å². The molecule has 0 saturated heterocycles. The van der Waals surface area contributed by atoms with Crippen LogP contribution >= 0.6 is 11.6 Å². The van der Waals surface area contributed by atoms with E-state index in [2.05, 4.69) is 15.4 Å². The average molecular weight is 289 g/mol. The van der Waals surface area contributed by atoms with Gasteiger partial charge in [0.2, 0.25) is 0 Å². The molecule has 0 bridgehead atoms. The van der Waals surface area contributed by atoms with E-state index in [4.69, 9.17) is 11.6 Å². The van der Waals surface area contributed by atoms with Gasteiger partial charge in [0.05, 0.1) is 0 Å². The van der Waals surface area contributed by atoms with Gasteiger partial charge in [0, 0.05) is 5.02 Å². The highest BCUT2D eigenvalue weighted by Crippen LogP contribution is 2.26. The molecular weight excluding hydrogens is 279 g/mol. The molecule has 0 spiro atoms. The first-order valence-corrected chi connectivity index (χ1v) is 6.35. The Morgan fingerprint density at radius 2 is 1.55 bits per heavy atom. The quantitative estimate of drug-likeness (QED) is 0.744. The normalized spacial score (nSPS) is 12.3. The zero-order valence-electron chi connectivity index (χ0n) is 10.3. The molecule has 2 aromatic carbocycles. The third-order valence-electron chi connectivity index (χ3n) is 2.97. The summed E-state index contributed by atoms with van der Waals surface area (Å²) in [6, 6.07) is 13.3. The summed E-state index contributed by atoms with van der Waals surface area (Å²) in [5, 5.41) is 12.4. The fraction of sp³-hybridized carbons (Fsp3) is 0.0714. The summed E-state index contributed by atoms with van der Waals surface area (Å²) in [4.78, 5) is 1.48. The molecule has 4 nitrogen and oxygen atoms in total. The van der Waals surface area contributed by atoms with E-state index in [1.165, 1.54) is 23.3 Å². The van der Waals surface area contributed by atoms with Crippen LogP contribution in [0, 0.1) is 5.82 Å². The van der Waals surface area contributed by atoms with Crippen molar-refractivity contribution in [2.45, 2.75) is 6.04 Å². The van der Waals surface area contributed by atoms with Crippen LogP contribution in [-0.2, 0) is 0 Å². The maximum atomic E-state index is 13.1. The van der Waals surface area contributed by atoms with Crippen LogP contribution in [0.2, 0.25) is 5.02 Å². The summed E-state index contributed by atoms with van der Waals surface area (Å²) in [7, 11) is 0. The minimum absolute atomic E-state index is 0.268. The van der Waals surface area contributed by atoms with Crippen molar-refractivity contribution in [3.05, 3.63) is 76.8 Å². The molecule has 3 aromatic rings. The molecule has 0 radical (unpaired) electrons. The zero-order valence-corrected chi connectivity index (χ0v) is 11.1. The van der Waals surface area contributed by atoms with Crippen LogP contribution in [0.15, 0.2) is 54.9 Å². The van der Waals surface area contributed by atoms with Gasteiger partial charge in [0.15, 0.2) is 6.33 Å². The maximum Gasteiger partial charge on any atom is 0.162 e. The van der Waals surface area contributed by atoms with E-state index in [0.717, 1.165) is 11.1 Å². The summed E-state index contributed by atoms with van der Waals surface area (Å²) < 4.78 is 13.1. The van der Waals surface area contributed by atoms with Crippen molar-refractivity contribution in [2.75, 3.05) is 0 Å². The number of halogens is 2. The van der Waals surface area contributed by atoms with E-state index in [-0.39, 0.29) is 11.9 Å². The second-order valence-corrected chi connectivity index (χ2v) is 4.70. The number of benzene rings is 2. The highest BCUT2D eigenvalue weighted by Gasteiger charge is 2.18. The lowest BCUT2D eigenvalue weighted by atomic mass is 9.99. The summed E-state index contributed by atoms with van der Waals surface area (Å²) >= 11 is 5.91. The van der Waals surface area contributed by atoms with Crippen molar-refractivity contribution < 1.29 is 4.39 Å². The zero-order chi connectivity index (χ0) is 13.9. The monoisotopic (exact) mass is 288 g/mol. The lowest BCUT2D eigenvalue weighted by Gasteiger charge is -2.16. The van der Waals surface area contributed by atoms with Crippen LogP contribution in [0.5, 0.6) is 0 Å². The lowest BCUT2D eigenvalue weighted by molar-refractivity contribution is 0.503. The smallest absolute Gasteiger partial charge is 0.162 e. The van der Waals surface area contributed by atoms with Gasteiger partial charge in [-0.2, -0.15) is 4.80 Å². The highest BCUT2D eigenvalue weighted by atomic mass is 35.5. The van der Waals surface area contributed by atoms with Crippen LogP contribution in [0.3, 0.4) is 0 Å². The molecule has 0 amide bonds. The van der Waals surface area contributed by atoms with Crippen molar-refractivity contribution in [1.29, 1.82) is 0 Å². The fourth-order valence-corrected chi connectivity index (χ4v) is 2.17. The van der Waals surface area contributed by atoms with Gasteiger partial charge in [-0.25, -0.2) is 4.39 Å². The number of rotatable bonds is 3. The van der Waals surface area contributed by atoms with Crippen LogP contribution in [0.4, 0.5) is 4.39 Å². The number of hydrogen-bond acceptors (Lipinski definition) is 3. The van der Waals surface area contributed by atoms with Gasteiger partial charge in [-0.05, 0) is 40.6 Å². The number of aromatic nitrogens is 4.